The maximum atomic E-state index is 15.4. The first kappa shape index (κ1) is 105. The van der Waals surface area contributed by atoms with Gasteiger partial charge in [0.15, 0.2) is 0 Å². The molecule has 0 unspecified atom stereocenters. The molecule has 0 fully saturated rings. The molecule has 22 nitrogen and oxygen atoms in total. The van der Waals surface area contributed by atoms with E-state index in [2.05, 4.69) is 70.6 Å². The van der Waals surface area contributed by atoms with Gasteiger partial charge in [0.1, 0.15) is 0 Å². The minimum absolute atomic E-state index is 0.0383. The van der Waals surface area contributed by atoms with Crippen LogP contribution in [0.2, 0.25) is 0 Å². The predicted octanol–water partition coefficient (Wildman–Crippen LogP) is 10.1. The first-order chi connectivity index (χ1) is 57.7. The SMILES string of the molecule is Cc1cc(C)c(C(=O)P(=O)(c2ccccc2)c2ccccc2)c(C)c1CCl.Cc1cc(C)c(C(=O)P(=O)(c2ccccc2)c2ccccc2)c(C)c1CN(CCCN(Cc1c(C)cc(C)c(C(=O)P(=O)(c2ccccc2)c2ccccc2)c1C)C(CO)(CO)CO)C(CO)(CO)CO.OCC(CO)(CO)NCCCNC(CO)(CO)CO.[I][V]([I])[I]. The monoisotopic (exact) mass is 2110 g/mol. The van der Waals surface area contributed by atoms with Crippen molar-refractivity contribution in [3.63, 3.8) is 0 Å². The summed E-state index contributed by atoms with van der Waals surface area (Å²) >= 11 is 13.5. The standard InChI is InChI=1S/C57H68N2O10P2.C23H22ClO2P.C11H26N2O6.3HI.V/c1-40-30-42(3)52(54(66)70(68,46-20-11-7-12-21-46)47-22-13-8-14-23-47)44(5)50(40)32-58(56(34-60,35-61)36-62)28-19-29-59(57(37-63,38-64)39-65)33-51-41(2)31-43(4)53(45(51)6)55(67)71(69,48-24-15-9-16-25-48)49-26-17-10-18-27-49;1-16-14-17(2)22(18(3)21(16)15-24)23(25)27(26,19-10-6-4-7-11-19)20-12-8-5-9-13-20;14-4-10(5-15,6-16)12-2-1-3-13-11(7-17,8-18)9-19;;;;/h7-18,20-27,30-31,60-65H,19,28-29,32-39H2,1-6H3;4-14H,15H2,1-3H3;12-19H,1-9H2;3*1H;/q;;;;;;+3/p-3. The van der Waals surface area contributed by atoms with Crippen LogP contribution in [0, 0.1) is 62.3 Å². The Morgan fingerprint density at radius 3 is 0.744 bits per heavy atom. The number of nitrogens with one attached hydrogen (secondary N) is 2. The Kier molecular flexibility index (Phi) is 42.9. The van der Waals surface area contributed by atoms with E-state index in [9.17, 15) is 40.0 Å². The van der Waals surface area contributed by atoms with E-state index in [0.717, 1.165) is 33.4 Å². The number of aliphatic hydroxyl groups excluding tert-OH is 12. The van der Waals surface area contributed by atoms with Crippen molar-refractivity contribution in [2.45, 2.75) is 116 Å². The third-order valence-corrected chi connectivity index (χ3v) is 31.4. The summed E-state index contributed by atoms with van der Waals surface area (Å²) < 4.78 is 45.0. The summed E-state index contributed by atoms with van der Waals surface area (Å²) in [5.74, 6) is 0.319. The number of halogens is 4. The van der Waals surface area contributed by atoms with Crippen LogP contribution < -0.4 is 42.5 Å². The Balaban J connectivity index is 0.000000366. The number of alkyl halides is 1. The molecule has 0 radical (unpaired) electrons. The zero-order chi connectivity index (χ0) is 89.7. The van der Waals surface area contributed by atoms with Gasteiger partial charge in [0, 0.05) is 80.6 Å². The second-order valence-electron chi connectivity index (χ2n) is 30.4. The number of aliphatic hydroxyl groups is 12. The van der Waals surface area contributed by atoms with E-state index < -0.39 is 94.3 Å². The summed E-state index contributed by atoms with van der Waals surface area (Å²) in [6.45, 7) is 11.7. The van der Waals surface area contributed by atoms with E-state index in [1.54, 1.807) is 183 Å². The third-order valence-electron chi connectivity index (χ3n) is 22.6. The molecule has 9 aromatic rings. The number of aryl methyl sites for hydroxylation is 6. The van der Waals surface area contributed by atoms with E-state index in [1.165, 1.54) is 0 Å². The summed E-state index contributed by atoms with van der Waals surface area (Å²) in [5, 5.41) is 128. The average Bonchev–Trinajstić information content (AvgIpc) is 0.759. The van der Waals surface area contributed by atoms with Crippen LogP contribution in [0.15, 0.2) is 200 Å². The number of benzene rings is 9. The van der Waals surface area contributed by atoms with Gasteiger partial charge in [-0.3, -0.25) is 24.2 Å². The maximum absolute atomic E-state index is 15.4. The van der Waals surface area contributed by atoms with Crippen molar-refractivity contribution in [2.24, 2.45) is 0 Å². The molecule has 0 amide bonds. The topological polar surface area (TPSA) is 376 Å². The molecule has 0 aliphatic rings. The molecule has 0 aliphatic carbocycles. The van der Waals surface area contributed by atoms with Gasteiger partial charge in [-0.25, -0.2) is 0 Å². The molecule has 656 valence electrons. The number of hydrogen-bond donors (Lipinski definition) is 14. The van der Waals surface area contributed by atoms with Gasteiger partial charge >= 0.3 is 64.9 Å². The van der Waals surface area contributed by atoms with E-state index in [4.69, 9.17) is 42.2 Å². The molecule has 121 heavy (non-hydrogen) atoms. The summed E-state index contributed by atoms with van der Waals surface area (Å²) in [6, 6.07) is 58.5. The third kappa shape index (κ3) is 24.9. The van der Waals surface area contributed by atoms with Crippen LogP contribution in [0.5, 0.6) is 0 Å². The van der Waals surface area contributed by atoms with Gasteiger partial charge in [0.25, 0.3) is 0 Å². The van der Waals surface area contributed by atoms with Crippen molar-refractivity contribution in [3.8, 4) is 0 Å². The predicted molar refractivity (Wildman–Crippen MR) is 508 cm³/mol. The molecule has 0 spiro atoms. The molecule has 14 N–H and O–H groups in total. The summed E-state index contributed by atoms with van der Waals surface area (Å²) in [6.07, 6.45) is 0.799. The van der Waals surface area contributed by atoms with Gasteiger partial charge in [0.05, 0.1) is 101 Å². The normalized spacial score (nSPS) is 12.2. The van der Waals surface area contributed by atoms with Gasteiger partial charge in [-0.05, 0) is 155 Å². The molecule has 30 heteroatoms. The fourth-order valence-electron chi connectivity index (χ4n) is 14.9. The van der Waals surface area contributed by atoms with Crippen LogP contribution in [0.4, 0.5) is 0 Å². The van der Waals surface area contributed by atoms with E-state index >= 15 is 18.7 Å². The zero-order valence-corrected chi connectivity index (χ0v) is 81.2. The Morgan fingerprint density at radius 1 is 0.339 bits per heavy atom. The molecule has 9 aromatic carbocycles. The van der Waals surface area contributed by atoms with Crippen molar-refractivity contribution in [1.29, 1.82) is 0 Å². The van der Waals surface area contributed by atoms with E-state index in [1.807, 2.05) is 89.2 Å². The van der Waals surface area contributed by atoms with Gasteiger partial charge in [-0.15, -0.1) is 11.6 Å². The molecule has 0 saturated carbocycles. The molecule has 0 bridgehead atoms. The number of carbonyl (C=O) groups excluding carboxylic acids is 3. The first-order valence-electron chi connectivity index (χ1n) is 39.4. The number of carbonyl (C=O) groups is 3. The van der Waals surface area contributed by atoms with Crippen molar-refractivity contribution in [2.75, 3.05) is 105 Å². The summed E-state index contributed by atoms with van der Waals surface area (Å²) in [5.41, 5.74) is 3.30. The second-order valence-corrected chi connectivity index (χ2v) is 74.0. The van der Waals surface area contributed by atoms with Gasteiger partial charge in [-0.2, -0.15) is 0 Å². The molecule has 0 saturated heterocycles. The Labute approximate surface area is 754 Å². The van der Waals surface area contributed by atoms with E-state index in [0.29, 0.717) is 107 Å². The zero-order valence-electron chi connectivity index (χ0n) is 69.9. The Morgan fingerprint density at radius 2 is 0.545 bits per heavy atom. The first-order valence-corrected chi connectivity index (χ1v) is 58.6. The fraction of sp³-hybridized carbons (Fsp3) is 0.374. The summed E-state index contributed by atoms with van der Waals surface area (Å²) in [7, 11) is -11.4. The second kappa shape index (κ2) is 49.4. The van der Waals surface area contributed by atoms with Gasteiger partial charge < -0.3 is 85.6 Å². The number of hydrogen-bond acceptors (Lipinski definition) is 22. The molecular weight excluding hydrogens is 2000 g/mol. The van der Waals surface area contributed by atoms with Crippen molar-refractivity contribution < 1.29 is 94.3 Å². The van der Waals surface area contributed by atoms with Crippen molar-refractivity contribution in [3.05, 3.63) is 284 Å². The fourth-order valence-corrected chi connectivity index (χ4v) is 23.2. The van der Waals surface area contributed by atoms with Crippen molar-refractivity contribution >= 4 is 141 Å². The van der Waals surface area contributed by atoms with Crippen LogP contribution in [0.1, 0.15) is 111 Å². The van der Waals surface area contributed by atoms with E-state index in [-0.39, 0.29) is 82.7 Å². The number of rotatable bonds is 41. The van der Waals surface area contributed by atoms with Crippen molar-refractivity contribution in [1.82, 2.24) is 20.4 Å². The number of nitrogens with zero attached hydrogens (tertiary/aromatic N) is 2. The van der Waals surface area contributed by atoms with Crippen LogP contribution in [-0.2, 0) is 37.6 Å². The molecule has 0 aliphatic heterocycles. The molecule has 0 atom stereocenters. The average molecular weight is 2110 g/mol. The van der Waals surface area contributed by atoms with Gasteiger partial charge in [0.2, 0.25) is 38.0 Å². The van der Waals surface area contributed by atoms with Crippen LogP contribution in [0.3, 0.4) is 0 Å². The van der Waals surface area contributed by atoms with Crippen LogP contribution in [-0.4, -0.2) is 215 Å². The molecule has 0 aromatic heterocycles. The molecule has 9 rings (SSSR count). The van der Waals surface area contributed by atoms with Crippen LogP contribution in [0.25, 0.3) is 0 Å². The van der Waals surface area contributed by atoms with Gasteiger partial charge in [-0.1, -0.05) is 200 Å². The minimum atomic E-state index is -3.92. The van der Waals surface area contributed by atoms with Crippen LogP contribution >= 0.6 is 93.0 Å². The quantitative estimate of drug-likeness (QED) is 0.00733. The molecular formula is C91H116ClI3N4O18P3V. The molecule has 0 heterocycles. The Bertz CT molecular complexity index is 4580. The summed E-state index contributed by atoms with van der Waals surface area (Å²) in [4.78, 5) is 47.0. The Hall–Kier alpha value is -4.90.